The van der Waals surface area contributed by atoms with Gasteiger partial charge in [0.25, 0.3) is 5.56 Å². The van der Waals surface area contributed by atoms with E-state index in [4.69, 9.17) is 4.74 Å². The van der Waals surface area contributed by atoms with Crippen LogP contribution in [0.1, 0.15) is 36.8 Å². The highest BCUT2D eigenvalue weighted by Gasteiger charge is 2.57. The van der Waals surface area contributed by atoms with E-state index in [1.165, 1.54) is 40.7 Å². The molecule has 180 valence electrons. The van der Waals surface area contributed by atoms with Crippen molar-refractivity contribution in [3.8, 4) is 22.1 Å². The molecule has 1 aromatic carbocycles. The van der Waals surface area contributed by atoms with Gasteiger partial charge in [-0.2, -0.15) is 0 Å². The number of ether oxygens (including phenoxy) is 1. The Morgan fingerprint density at radius 1 is 1.17 bits per heavy atom. The quantitative estimate of drug-likeness (QED) is 0.361. The maximum atomic E-state index is 12.8. The Kier molecular flexibility index (Phi) is 5.14. The Hall–Kier alpha value is -3.33. The lowest BCUT2D eigenvalue weighted by atomic mass is 9.42. The minimum Gasteiger partial charge on any atom is -0.439 e. The van der Waals surface area contributed by atoms with Gasteiger partial charge in [-0.1, -0.05) is 12.1 Å². The monoisotopic (exact) mass is 495 g/mol. The van der Waals surface area contributed by atoms with Gasteiger partial charge in [0, 0.05) is 35.7 Å². The van der Waals surface area contributed by atoms with E-state index in [2.05, 4.69) is 22.1 Å². The number of alkyl halides is 2. The average molecular weight is 496 g/mol. The normalized spacial score (nSPS) is 20.6. The minimum atomic E-state index is -2.54. The molecule has 0 spiro atoms. The summed E-state index contributed by atoms with van der Waals surface area (Å²) < 4.78 is 32.7. The Labute approximate surface area is 203 Å². The molecule has 1 N–H and O–H groups in total. The number of rotatable bonds is 7. The summed E-state index contributed by atoms with van der Waals surface area (Å²) in [6.07, 6.45) is 2.56. The van der Waals surface area contributed by atoms with Crippen molar-refractivity contribution in [3.05, 3.63) is 74.6 Å². The highest BCUT2D eigenvalue weighted by molar-refractivity contribution is 7.22. The van der Waals surface area contributed by atoms with Gasteiger partial charge in [-0.25, -0.2) is 18.6 Å². The zero-order chi connectivity index (χ0) is 24.3. The second-order valence-electron chi connectivity index (χ2n) is 9.60. The molecule has 4 aromatic rings. The average Bonchev–Trinajstić information content (AvgIpc) is 3.10. The van der Waals surface area contributed by atoms with E-state index in [1.807, 2.05) is 18.2 Å². The molecule has 0 aliphatic heterocycles. The van der Waals surface area contributed by atoms with Crippen molar-refractivity contribution in [2.75, 3.05) is 0 Å². The molecule has 0 saturated heterocycles. The van der Waals surface area contributed by atoms with Crippen LogP contribution in [-0.4, -0.2) is 21.0 Å². The number of aromatic nitrogens is 3. The van der Waals surface area contributed by atoms with Crippen LogP contribution in [0.25, 0.3) is 20.7 Å². The van der Waals surface area contributed by atoms with Gasteiger partial charge in [0.1, 0.15) is 10.6 Å². The van der Waals surface area contributed by atoms with Crippen molar-refractivity contribution in [2.24, 2.45) is 5.92 Å². The van der Waals surface area contributed by atoms with E-state index in [0.29, 0.717) is 32.8 Å². The van der Waals surface area contributed by atoms with E-state index < -0.39 is 24.1 Å². The standard InChI is InChI=1S/C26H23F2N3O3S/c1-14-21-23(32)30-25(33)31(9-8-19(27)28)24(21)35-22(14)16-2-7-20(29-13-16)34-18-5-3-17(4-6-18)26-10-15(11-26)12-26/h2-7,13,15,19H,8-12H2,1H3,(H,30,32,33). The Balaban J connectivity index is 1.26. The Morgan fingerprint density at radius 2 is 1.91 bits per heavy atom. The first kappa shape index (κ1) is 22.2. The number of aryl methyl sites for hydroxylation is 2. The highest BCUT2D eigenvalue weighted by atomic mass is 32.1. The number of thiophene rings is 1. The number of pyridine rings is 1. The predicted octanol–water partition coefficient (Wildman–Crippen LogP) is 5.62. The second kappa shape index (κ2) is 8.12. The molecule has 6 nitrogen and oxygen atoms in total. The number of benzene rings is 1. The van der Waals surface area contributed by atoms with E-state index in [0.717, 1.165) is 16.4 Å². The summed E-state index contributed by atoms with van der Waals surface area (Å²) in [5, 5.41) is 0.336. The molecule has 35 heavy (non-hydrogen) atoms. The van der Waals surface area contributed by atoms with Crippen LogP contribution in [0.3, 0.4) is 0 Å². The zero-order valence-electron chi connectivity index (χ0n) is 19.0. The first-order chi connectivity index (χ1) is 16.8. The smallest absolute Gasteiger partial charge is 0.329 e. The van der Waals surface area contributed by atoms with Crippen LogP contribution in [0.5, 0.6) is 11.6 Å². The van der Waals surface area contributed by atoms with Gasteiger partial charge in [0.2, 0.25) is 12.3 Å². The van der Waals surface area contributed by atoms with E-state index in [-0.39, 0.29) is 6.54 Å². The summed E-state index contributed by atoms with van der Waals surface area (Å²) in [5.41, 5.74) is 2.03. The van der Waals surface area contributed by atoms with Crippen LogP contribution in [0.15, 0.2) is 52.2 Å². The lowest BCUT2D eigenvalue weighted by Gasteiger charge is -2.62. The first-order valence-electron chi connectivity index (χ1n) is 11.6. The fourth-order valence-corrected chi connectivity index (χ4v) is 6.70. The third kappa shape index (κ3) is 3.69. The molecular weight excluding hydrogens is 472 g/mol. The van der Waals surface area contributed by atoms with E-state index in [9.17, 15) is 18.4 Å². The van der Waals surface area contributed by atoms with Crippen LogP contribution in [-0.2, 0) is 12.0 Å². The number of fused-ring (bicyclic) bond motifs is 1. The summed E-state index contributed by atoms with van der Waals surface area (Å²) in [6, 6.07) is 11.8. The molecule has 0 radical (unpaired) electrons. The molecular formula is C26H23F2N3O3S. The summed E-state index contributed by atoms with van der Waals surface area (Å²) in [4.78, 5) is 32.6. The summed E-state index contributed by atoms with van der Waals surface area (Å²) in [6.45, 7) is 1.61. The van der Waals surface area contributed by atoms with Gasteiger partial charge in [0.15, 0.2) is 0 Å². The van der Waals surface area contributed by atoms with Crippen molar-refractivity contribution in [1.82, 2.24) is 14.5 Å². The largest absolute Gasteiger partial charge is 0.439 e. The maximum absolute atomic E-state index is 12.8. The number of halogens is 2. The third-order valence-corrected chi connectivity index (χ3v) is 8.73. The number of nitrogens with one attached hydrogen (secondary N) is 1. The van der Waals surface area contributed by atoms with Gasteiger partial charge in [0.05, 0.1) is 5.39 Å². The van der Waals surface area contributed by atoms with Gasteiger partial charge >= 0.3 is 5.69 Å². The minimum absolute atomic E-state index is 0.172. The van der Waals surface area contributed by atoms with Crippen molar-refractivity contribution >= 4 is 21.6 Å². The van der Waals surface area contributed by atoms with Gasteiger partial charge in [-0.15, -0.1) is 11.3 Å². The fourth-order valence-electron chi connectivity index (χ4n) is 5.38. The lowest BCUT2D eigenvalue weighted by molar-refractivity contribution is -0.0274. The Bertz CT molecular complexity index is 1520. The molecule has 0 atom stereocenters. The second-order valence-corrected chi connectivity index (χ2v) is 10.6. The molecule has 9 heteroatoms. The van der Waals surface area contributed by atoms with Crippen LogP contribution < -0.4 is 16.0 Å². The summed E-state index contributed by atoms with van der Waals surface area (Å²) >= 11 is 1.23. The predicted molar refractivity (Wildman–Crippen MR) is 131 cm³/mol. The zero-order valence-corrected chi connectivity index (χ0v) is 19.8. The summed E-state index contributed by atoms with van der Waals surface area (Å²) in [5.74, 6) is 2.09. The van der Waals surface area contributed by atoms with Crippen molar-refractivity contribution in [2.45, 2.75) is 51.0 Å². The molecule has 0 unspecified atom stereocenters. The molecule has 3 aliphatic rings. The fraction of sp³-hybridized carbons (Fsp3) is 0.346. The third-order valence-electron chi connectivity index (χ3n) is 7.36. The van der Waals surface area contributed by atoms with Gasteiger partial charge in [-0.05, 0) is 66.8 Å². The molecule has 3 fully saturated rings. The number of H-pyrrole nitrogens is 1. The molecule has 0 amide bonds. The molecule has 3 saturated carbocycles. The maximum Gasteiger partial charge on any atom is 0.329 e. The SMILES string of the molecule is Cc1c(-c2ccc(Oc3ccc(C45CC(C4)C5)cc3)nc2)sc2c1c(=O)[nH]c(=O)n2CCC(F)F. The van der Waals surface area contributed by atoms with E-state index in [1.54, 1.807) is 19.2 Å². The summed E-state index contributed by atoms with van der Waals surface area (Å²) in [7, 11) is 0. The number of nitrogens with zero attached hydrogens (tertiary/aromatic N) is 2. The number of hydrogen-bond donors (Lipinski definition) is 1. The Morgan fingerprint density at radius 3 is 2.51 bits per heavy atom. The molecule has 7 rings (SSSR count). The van der Waals surface area contributed by atoms with Crippen molar-refractivity contribution in [3.63, 3.8) is 0 Å². The highest BCUT2D eigenvalue weighted by Crippen LogP contribution is 2.65. The molecule has 3 heterocycles. The van der Waals surface area contributed by atoms with Crippen LogP contribution in [0.4, 0.5) is 8.78 Å². The van der Waals surface area contributed by atoms with Crippen LogP contribution in [0.2, 0.25) is 0 Å². The topological polar surface area (TPSA) is 77.0 Å². The molecule has 2 bridgehead atoms. The number of aromatic amines is 1. The van der Waals surface area contributed by atoms with Gasteiger partial charge in [-0.3, -0.25) is 14.3 Å². The van der Waals surface area contributed by atoms with Crippen molar-refractivity contribution < 1.29 is 13.5 Å². The molecule has 3 aliphatic carbocycles. The lowest BCUT2D eigenvalue weighted by Crippen LogP contribution is -2.55. The molecule has 3 aromatic heterocycles. The van der Waals surface area contributed by atoms with Crippen LogP contribution >= 0.6 is 11.3 Å². The van der Waals surface area contributed by atoms with Crippen molar-refractivity contribution in [1.29, 1.82) is 0 Å². The first-order valence-corrected chi connectivity index (χ1v) is 12.4. The van der Waals surface area contributed by atoms with Crippen LogP contribution in [0, 0.1) is 12.8 Å². The number of hydrogen-bond acceptors (Lipinski definition) is 5. The van der Waals surface area contributed by atoms with E-state index >= 15 is 0 Å². The van der Waals surface area contributed by atoms with Gasteiger partial charge < -0.3 is 4.74 Å².